The van der Waals surface area contributed by atoms with Crippen LogP contribution >= 0.6 is 0 Å². The molecule has 0 aliphatic carbocycles. The Bertz CT molecular complexity index is 465. The monoisotopic (exact) mass is 202 g/mol. The van der Waals surface area contributed by atoms with Crippen molar-refractivity contribution in [2.75, 3.05) is 4.90 Å². The van der Waals surface area contributed by atoms with Crippen molar-refractivity contribution in [1.29, 1.82) is 0 Å². The van der Waals surface area contributed by atoms with Gasteiger partial charge in [-0.05, 0) is 19.1 Å². The first-order valence-electron chi connectivity index (χ1n) is 4.43. The summed E-state index contributed by atoms with van der Waals surface area (Å²) >= 11 is 0. The quantitative estimate of drug-likeness (QED) is 0.702. The SMILES string of the molecule is C=C1OC(=O)N(C(=C)C)c2ncccc21. The van der Waals surface area contributed by atoms with Gasteiger partial charge in [-0.1, -0.05) is 13.2 Å². The number of cyclic esters (lactones) is 1. The fourth-order valence-electron chi connectivity index (χ4n) is 1.42. The van der Waals surface area contributed by atoms with Gasteiger partial charge in [0.15, 0.2) is 5.82 Å². The van der Waals surface area contributed by atoms with Crippen LogP contribution in [0.25, 0.3) is 5.76 Å². The standard InChI is InChI=1S/C11H10N2O2/c1-7(2)13-10-9(5-4-6-12-10)8(3)15-11(13)14/h4-6H,1,3H2,2H3. The molecule has 1 aromatic rings. The van der Waals surface area contributed by atoms with Gasteiger partial charge in [0.05, 0.1) is 5.56 Å². The summed E-state index contributed by atoms with van der Waals surface area (Å²) in [5.41, 5.74) is 1.27. The molecule has 0 bridgehead atoms. The third kappa shape index (κ3) is 1.40. The van der Waals surface area contributed by atoms with Gasteiger partial charge in [0.2, 0.25) is 0 Å². The van der Waals surface area contributed by atoms with Gasteiger partial charge in [-0.25, -0.2) is 14.7 Å². The number of aromatic nitrogens is 1. The first-order chi connectivity index (χ1) is 7.11. The van der Waals surface area contributed by atoms with E-state index in [9.17, 15) is 4.79 Å². The molecule has 2 rings (SSSR count). The normalized spacial score (nSPS) is 14.6. The van der Waals surface area contributed by atoms with Gasteiger partial charge in [-0.3, -0.25) is 0 Å². The van der Waals surface area contributed by atoms with E-state index in [1.54, 1.807) is 25.3 Å². The van der Waals surface area contributed by atoms with Crippen molar-refractivity contribution in [3.8, 4) is 0 Å². The van der Waals surface area contributed by atoms with E-state index in [1.807, 2.05) is 0 Å². The van der Waals surface area contributed by atoms with Crippen LogP contribution in [0.15, 0.2) is 37.2 Å². The number of anilines is 1. The van der Waals surface area contributed by atoms with Crippen molar-refractivity contribution in [3.05, 3.63) is 42.7 Å². The highest BCUT2D eigenvalue weighted by Crippen LogP contribution is 2.32. The molecular formula is C11H10N2O2. The van der Waals surface area contributed by atoms with Crippen LogP contribution in [-0.2, 0) is 4.74 Å². The van der Waals surface area contributed by atoms with Gasteiger partial charge in [0.1, 0.15) is 5.76 Å². The number of ether oxygens (including phenoxy) is 1. The molecule has 0 saturated carbocycles. The number of hydrogen-bond donors (Lipinski definition) is 0. The number of carbonyl (C=O) groups is 1. The summed E-state index contributed by atoms with van der Waals surface area (Å²) in [7, 11) is 0. The third-order valence-electron chi connectivity index (χ3n) is 2.07. The van der Waals surface area contributed by atoms with E-state index >= 15 is 0 Å². The fourth-order valence-corrected chi connectivity index (χ4v) is 1.42. The van der Waals surface area contributed by atoms with Crippen molar-refractivity contribution in [2.24, 2.45) is 0 Å². The second kappa shape index (κ2) is 3.24. The van der Waals surface area contributed by atoms with Crippen LogP contribution in [0.4, 0.5) is 10.6 Å². The van der Waals surface area contributed by atoms with Gasteiger partial charge in [0.25, 0.3) is 0 Å². The molecule has 1 aromatic heterocycles. The molecule has 0 aromatic carbocycles. The predicted molar refractivity (Wildman–Crippen MR) is 57.0 cm³/mol. The number of rotatable bonds is 1. The van der Waals surface area contributed by atoms with Crippen molar-refractivity contribution in [1.82, 2.24) is 4.98 Å². The Morgan fingerprint density at radius 1 is 1.60 bits per heavy atom. The minimum absolute atomic E-state index is 0.320. The van der Waals surface area contributed by atoms with Crippen molar-refractivity contribution < 1.29 is 9.53 Å². The topological polar surface area (TPSA) is 42.4 Å². The molecule has 2 heterocycles. The molecule has 1 aliphatic rings. The maximum atomic E-state index is 11.6. The molecule has 0 fully saturated rings. The van der Waals surface area contributed by atoms with Crippen LogP contribution in [0.1, 0.15) is 12.5 Å². The second-order valence-electron chi connectivity index (χ2n) is 3.24. The van der Waals surface area contributed by atoms with E-state index in [0.29, 0.717) is 22.8 Å². The molecule has 76 valence electrons. The van der Waals surface area contributed by atoms with Gasteiger partial charge >= 0.3 is 6.09 Å². The predicted octanol–water partition coefficient (Wildman–Crippen LogP) is 2.54. The number of allylic oxidation sites excluding steroid dienone is 1. The molecule has 4 nitrogen and oxygen atoms in total. The van der Waals surface area contributed by atoms with Crippen LogP contribution in [0.2, 0.25) is 0 Å². The Morgan fingerprint density at radius 2 is 2.33 bits per heavy atom. The van der Waals surface area contributed by atoms with E-state index in [-0.39, 0.29) is 0 Å². The Balaban J connectivity index is 2.61. The number of nitrogens with zero attached hydrogens (tertiary/aromatic N) is 2. The lowest BCUT2D eigenvalue weighted by Gasteiger charge is -2.28. The summed E-state index contributed by atoms with van der Waals surface area (Å²) < 4.78 is 4.98. The number of hydrogen-bond acceptors (Lipinski definition) is 3. The van der Waals surface area contributed by atoms with E-state index in [4.69, 9.17) is 4.74 Å². The fraction of sp³-hybridized carbons (Fsp3) is 0.0909. The van der Waals surface area contributed by atoms with Crippen LogP contribution in [0.5, 0.6) is 0 Å². The average Bonchev–Trinajstić information content (AvgIpc) is 2.17. The van der Waals surface area contributed by atoms with Crippen molar-refractivity contribution in [2.45, 2.75) is 6.92 Å². The zero-order valence-corrected chi connectivity index (χ0v) is 8.36. The summed E-state index contributed by atoms with van der Waals surface area (Å²) in [6.45, 7) is 9.08. The Labute approximate surface area is 87.5 Å². The average molecular weight is 202 g/mol. The molecule has 0 N–H and O–H groups in total. The molecule has 0 spiro atoms. The summed E-state index contributed by atoms with van der Waals surface area (Å²) in [5.74, 6) is 0.840. The minimum Gasteiger partial charge on any atom is -0.410 e. The van der Waals surface area contributed by atoms with E-state index in [2.05, 4.69) is 18.1 Å². The molecule has 4 heteroatoms. The minimum atomic E-state index is -0.515. The summed E-state index contributed by atoms with van der Waals surface area (Å²) in [6.07, 6.45) is 1.10. The largest absolute Gasteiger partial charge is 0.425 e. The van der Waals surface area contributed by atoms with Crippen LogP contribution in [-0.4, -0.2) is 11.1 Å². The van der Waals surface area contributed by atoms with E-state index in [0.717, 1.165) is 0 Å². The molecule has 0 saturated heterocycles. The summed E-state index contributed by atoms with van der Waals surface area (Å²) in [5, 5.41) is 0. The number of fused-ring (bicyclic) bond motifs is 1. The van der Waals surface area contributed by atoms with Gasteiger partial charge < -0.3 is 4.74 Å². The lowest BCUT2D eigenvalue weighted by molar-refractivity contribution is 0.199. The lowest BCUT2D eigenvalue weighted by atomic mass is 10.2. The van der Waals surface area contributed by atoms with Crippen LogP contribution in [0, 0.1) is 0 Å². The van der Waals surface area contributed by atoms with Gasteiger partial charge in [-0.2, -0.15) is 0 Å². The highest BCUT2D eigenvalue weighted by molar-refractivity contribution is 5.99. The number of carbonyl (C=O) groups excluding carboxylic acids is 1. The van der Waals surface area contributed by atoms with E-state index < -0.39 is 6.09 Å². The van der Waals surface area contributed by atoms with E-state index in [1.165, 1.54) is 4.90 Å². The first-order valence-corrected chi connectivity index (χ1v) is 4.43. The summed E-state index contributed by atoms with van der Waals surface area (Å²) in [4.78, 5) is 17.0. The molecule has 15 heavy (non-hydrogen) atoms. The maximum Gasteiger partial charge on any atom is 0.425 e. The molecule has 0 atom stereocenters. The molecular weight excluding hydrogens is 192 g/mol. The Morgan fingerprint density at radius 3 is 3.00 bits per heavy atom. The molecule has 0 radical (unpaired) electrons. The lowest BCUT2D eigenvalue weighted by Crippen LogP contribution is -2.33. The molecule has 1 aliphatic heterocycles. The van der Waals surface area contributed by atoms with Gasteiger partial charge in [-0.15, -0.1) is 0 Å². The zero-order valence-electron chi connectivity index (χ0n) is 8.36. The zero-order chi connectivity index (χ0) is 11.0. The smallest absolute Gasteiger partial charge is 0.410 e. The van der Waals surface area contributed by atoms with Crippen LogP contribution in [0.3, 0.4) is 0 Å². The van der Waals surface area contributed by atoms with Crippen molar-refractivity contribution in [3.63, 3.8) is 0 Å². The Kier molecular flexibility index (Phi) is 2.04. The first kappa shape index (κ1) is 9.45. The maximum absolute atomic E-state index is 11.6. The third-order valence-corrected chi connectivity index (χ3v) is 2.07. The molecule has 1 amide bonds. The summed E-state index contributed by atoms with van der Waals surface area (Å²) in [6, 6.07) is 3.56. The Hall–Kier alpha value is -2.10. The number of pyridine rings is 1. The van der Waals surface area contributed by atoms with Crippen molar-refractivity contribution >= 4 is 17.7 Å². The molecule has 0 unspecified atom stereocenters. The highest BCUT2D eigenvalue weighted by atomic mass is 16.6. The van der Waals surface area contributed by atoms with Crippen LogP contribution < -0.4 is 4.90 Å². The highest BCUT2D eigenvalue weighted by Gasteiger charge is 2.29. The second-order valence-corrected chi connectivity index (χ2v) is 3.24. The van der Waals surface area contributed by atoms with Gasteiger partial charge in [0, 0.05) is 11.9 Å². The number of amides is 1.